The maximum atomic E-state index is 4.84. The van der Waals surface area contributed by atoms with Crippen LogP contribution in [0.2, 0.25) is 0 Å². The Morgan fingerprint density at radius 3 is 2.60 bits per heavy atom. The molecule has 1 aromatic heterocycles. The van der Waals surface area contributed by atoms with E-state index >= 15 is 0 Å². The molecule has 1 N–H and O–H groups in total. The van der Waals surface area contributed by atoms with E-state index in [9.17, 15) is 0 Å². The van der Waals surface area contributed by atoms with Crippen LogP contribution in [0.1, 0.15) is 54.9 Å². The highest BCUT2D eigenvalue weighted by Crippen LogP contribution is 2.29. The molecule has 0 aliphatic heterocycles. The van der Waals surface area contributed by atoms with Crippen LogP contribution in [-0.4, -0.2) is 11.0 Å². The first-order valence-electron chi connectivity index (χ1n) is 7.47. The summed E-state index contributed by atoms with van der Waals surface area (Å²) in [6, 6.07) is 11.8. The zero-order valence-corrected chi connectivity index (χ0v) is 13.0. The van der Waals surface area contributed by atoms with Gasteiger partial charge in [0.05, 0.1) is 11.7 Å². The van der Waals surface area contributed by atoms with Gasteiger partial charge in [0, 0.05) is 11.4 Å². The average molecular weight is 286 g/mol. The lowest BCUT2D eigenvalue weighted by Crippen LogP contribution is -2.25. The Morgan fingerprint density at radius 1 is 1.25 bits per heavy atom. The molecule has 1 aliphatic carbocycles. The second kappa shape index (κ2) is 6.06. The molecule has 1 atom stereocenters. The van der Waals surface area contributed by atoms with Crippen LogP contribution in [0.15, 0.2) is 35.7 Å². The normalized spacial score (nSPS) is 16.6. The summed E-state index contributed by atoms with van der Waals surface area (Å²) >= 11 is 1.80. The third kappa shape index (κ3) is 3.47. The topological polar surface area (TPSA) is 24.9 Å². The largest absolute Gasteiger partial charge is 0.305 e. The van der Waals surface area contributed by atoms with Crippen molar-refractivity contribution in [1.82, 2.24) is 10.3 Å². The Balaban J connectivity index is 1.77. The predicted octanol–water partition coefficient (Wildman–Crippen LogP) is 4.30. The van der Waals surface area contributed by atoms with Crippen molar-refractivity contribution in [3.8, 4) is 0 Å². The van der Waals surface area contributed by atoms with Gasteiger partial charge in [-0.3, -0.25) is 0 Å². The number of thiazole rings is 1. The second-order valence-corrected chi connectivity index (χ2v) is 6.84. The molecule has 2 nitrogen and oxygen atoms in total. The molecule has 1 fully saturated rings. The number of hydrogen-bond acceptors (Lipinski definition) is 3. The van der Waals surface area contributed by atoms with Crippen LogP contribution >= 0.6 is 11.3 Å². The first kappa shape index (κ1) is 13.8. The fraction of sp³-hybridized carbons (Fsp3) is 0.471. The van der Waals surface area contributed by atoms with E-state index in [4.69, 9.17) is 4.98 Å². The zero-order valence-electron chi connectivity index (χ0n) is 12.2. The molecule has 2 aromatic rings. The lowest BCUT2D eigenvalue weighted by atomic mass is 10.1. The summed E-state index contributed by atoms with van der Waals surface area (Å²) < 4.78 is 0. The smallest absolute Gasteiger partial charge is 0.110 e. The maximum Gasteiger partial charge on any atom is 0.110 e. The van der Waals surface area contributed by atoms with E-state index in [1.165, 1.54) is 29.1 Å². The summed E-state index contributed by atoms with van der Waals surface area (Å²) in [6.07, 6.45) is 3.66. The molecule has 1 unspecified atom stereocenters. The highest BCUT2D eigenvalue weighted by atomic mass is 32.1. The average Bonchev–Trinajstić information content (AvgIpc) is 3.12. The molecule has 3 rings (SSSR count). The minimum Gasteiger partial charge on any atom is -0.305 e. The summed E-state index contributed by atoms with van der Waals surface area (Å²) in [5.41, 5.74) is 2.60. The number of hydrogen-bond donors (Lipinski definition) is 1. The van der Waals surface area contributed by atoms with Gasteiger partial charge in [-0.05, 0) is 30.7 Å². The van der Waals surface area contributed by atoms with Crippen molar-refractivity contribution in [2.24, 2.45) is 0 Å². The lowest BCUT2D eigenvalue weighted by Gasteiger charge is -2.16. The van der Waals surface area contributed by atoms with E-state index in [1.54, 1.807) is 11.3 Å². The van der Waals surface area contributed by atoms with E-state index in [-0.39, 0.29) is 0 Å². The van der Waals surface area contributed by atoms with Crippen molar-refractivity contribution in [2.75, 3.05) is 0 Å². The fourth-order valence-corrected chi connectivity index (χ4v) is 3.37. The minimum absolute atomic E-state index is 0.363. The highest BCUT2D eigenvalue weighted by molar-refractivity contribution is 7.09. The monoisotopic (exact) mass is 286 g/mol. The van der Waals surface area contributed by atoms with Crippen molar-refractivity contribution in [3.05, 3.63) is 52.0 Å². The van der Waals surface area contributed by atoms with Crippen molar-refractivity contribution in [2.45, 2.75) is 51.1 Å². The number of nitrogens with zero attached hydrogens (tertiary/aromatic N) is 1. The van der Waals surface area contributed by atoms with Gasteiger partial charge in [0.2, 0.25) is 0 Å². The van der Waals surface area contributed by atoms with Crippen LogP contribution in [0.5, 0.6) is 0 Å². The highest BCUT2D eigenvalue weighted by Gasteiger charge is 2.27. The molecule has 3 heteroatoms. The molecular weight excluding hydrogens is 264 g/mol. The van der Waals surface area contributed by atoms with Gasteiger partial charge in [0.1, 0.15) is 5.01 Å². The van der Waals surface area contributed by atoms with Crippen LogP contribution in [0, 0.1) is 0 Å². The molecule has 1 aliphatic rings. The summed E-state index contributed by atoms with van der Waals surface area (Å²) in [6.45, 7) is 4.42. The predicted molar refractivity (Wildman–Crippen MR) is 85.2 cm³/mol. The summed E-state index contributed by atoms with van der Waals surface area (Å²) in [7, 11) is 0. The van der Waals surface area contributed by atoms with Crippen LogP contribution in [0.3, 0.4) is 0 Å². The van der Waals surface area contributed by atoms with E-state index in [2.05, 4.69) is 54.9 Å². The van der Waals surface area contributed by atoms with Crippen LogP contribution in [0.25, 0.3) is 0 Å². The van der Waals surface area contributed by atoms with E-state index < -0.39 is 0 Å². The van der Waals surface area contributed by atoms with Gasteiger partial charge in [-0.15, -0.1) is 11.3 Å². The van der Waals surface area contributed by atoms with Gasteiger partial charge in [0.25, 0.3) is 0 Å². The molecule has 1 aromatic carbocycles. The van der Waals surface area contributed by atoms with Gasteiger partial charge in [-0.25, -0.2) is 4.98 Å². The van der Waals surface area contributed by atoms with Crippen molar-refractivity contribution >= 4 is 11.3 Å². The third-order valence-corrected chi connectivity index (χ3v) is 4.70. The molecule has 1 saturated carbocycles. The Labute approximate surface area is 125 Å². The SMILES string of the molecule is CC(C)c1csc(C(Cc2ccccc2)NC2CC2)n1. The number of benzene rings is 1. The second-order valence-electron chi connectivity index (χ2n) is 5.95. The van der Waals surface area contributed by atoms with Crippen molar-refractivity contribution in [1.29, 1.82) is 0 Å². The van der Waals surface area contributed by atoms with Crippen molar-refractivity contribution in [3.63, 3.8) is 0 Å². The first-order valence-corrected chi connectivity index (χ1v) is 8.35. The molecule has 106 valence electrons. The zero-order chi connectivity index (χ0) is 13.9. The maximum absolute atomic E-state index is 4.84. The van der Waals surface area contributed by atoms with Crippen LogP contribution < -0.4 is 5.32 Å². The molecule has 0 spiro atoms. The Morgan fingerprint density at radius 2 is 2.00 bits per heavy atom. The van der Waals surface area contributed by atoms with E-state index in [0.29, 0.717) is 18.0 Å². The molecular formula is C17H22N2S. The van der Waals surface area contributed by atoms with Crippen LogP contribution in [-0.2, 0) is 6.42 Å². The number of rotatable bonds is 6. The minimum atomic E-state index is 0.363. The van der Waals surface area contributed by atoms with Gasteiger partial charge in [-0.2, -0.15) is 0 Å². The summed E-state index contributed by atoms with van der Waals surface area (Å²) in [5, 5.41) is 7.21. The molecule has 20 heavy (non-hydrogen) atoms. The summed E-state index contributed by atoms with van der Waals surface area (Å²) in [4.78, 5) is 4.84. The Kier molecular flexibility index (Phi) is 4.18. The summed E-state index contributed by atoms with van der Waals surface area (Å²) in [5.74, 6) is 0.512. The van der Waals surface area contributed by atoms with Gasteiger partial charge in [0.15, 0.2) is 0 Å². The van der Waals surface area contributed by atoms with Crippen LogP contribution in [0.4, 0.5) is 0 Å². The number of nitrogens with one attached hydrogen (secondary N) is 1. The quantitative estimate of drug-likeness (QED) is 0.856. The van der Waals surface area contributed by atoms with Gasteiger partial charge in [-0.1, -0.05) is 44.2 Å². The van der Waals surface area contributed by atoms with Crippen molar-refractivity contribution < 1.29 is 0 Å². The third-order valence-electron chi connectivity index (χ3n) is 3.73. The number of aromatic nitrogens is 1. The van der Waals surface area contributed by atoms with Gasteiger partial charge < -0.3 is 5.32 Å². The van der Waals surface area contributed by atoms with Gasteiger partial charge >= 0.3 is 0 Å². The standard InChI is InChI=1S/C17H22N2S/c1-12(2)16-11-20-17(19-16)15(18-14-8-9-14)10-13-6-4-3-5-7-13/h3-7,11-12,14-15,18H,8-10H2,1-2H3. The first-order chi connectivity index (χ1) is 9.72. The molecule has 1 heterocycles. The fourth-order valence-electron chi connectivity index (χ4n) is 2.33. The van der Waals surface area contributed by atoms with E-state index in [1.807, 2.05) is 0 Å². The molecule has 0 bridgehead atoms. The Bertz CT molecular complexity index is 543. The molecule has 0 saturated heterocycles. The Hall–Kier alpha value is -1.19. The lowest BCUT2D eigenvalue weighted by molar-refractivity contribution is 0.523. The molecule has 0 radical (unpaired) electrons. The molecule has 0 amide bonds. The van der Waals surface area contributed by atoms with E-state index in [0.717, 1.165) is 6.42 Å².